The number of benzene rings is 1. The number of hydrogen-bond donors (Lipinski definition) is 2. The lowest BCUT2D eigenvalue weighted by molar-refractivity contribution is 0.0963. The molecule has 6 heteroatoms. The summed E-state index contributed by atoms with van der Waals surface area (Å²) in [5.74, 6) is 1.70. The van der Waals surface area contributed by atoms with E-state index < -0.39 is 0 Å². The van der Waals surface area contributed by atoms with Gasteiger partial charge in [-0.05, 0) is 49.8 Å². The molecule has 2 rings (SSSR count). The van der Waals surface area contributed by atoms with E-state index in [-0.39, 0.29) is 29.9 Å². The van der Waals surface area contributed by atoms with Crippen molar-refractivity contribution in [2.45, 2.75) is 33.1 Å². The summed E-state index contributed by atoms with van der Waals surface area (Å²) in [6, 6.07) is 7.77. The fourth-order valence-electron chi connectivity index (χ4n) is 3.11. The molecular weight excluding hydrogens is 427 g/mol. The van der Waals surface area contributed by atoms with Crippen molar-refractivity contribution in [3.63, 3.8) is 0 Å². The Morgan fingerprint density at radius 1 is 1.40 bits per heavy atom. The van der Waals surface area contributed by atoms with Crippen LogP contribution in [0.2, 0.25) is 0 Å². The van der Waals surface area contributed by atoms with Gasteiger partial charge in [0.2, 0.25) is 0 Å². The highest BCUT2D eigenvalue weighted by molar-refractivity contribution is 14.0. The van der Waals surface area contributed by atoms with E-state index in [9.17, 15) is 4.79 Å². The molecule has 1 heterocycles. The van der Waals surface area contributed by atoms with E-state index in [1.165, 1.54) is 12.8 Å². The van der Waals surface area contributed by atoms with E-state index in [2.05, 4.69) is 35.4 Å². The molecule has 1 saturated heterocycles. The largest absolute Gasteiger partial charge is 0.357 e. The molecule has 1 fully saturated rings. The lowest BCUT2D eigenvalue weighted by Gasteiger charge is -2.33. The number of hydrogen-bond acceptors (Lipinski definition) is 2. The van der Waals surface area contributed by atoms with Crippen molar-refractivity contribution < 1.29 is 4.79 Å². The van der Waals surface area contributed by atoms with E-state index in [0.717, 1.165) is 50.0 Å². The molecule has 0 bridgehead atoms. The second-order valence-corrected chi connectivity index (χ2v) is 6.46. The van der Waals surface area contributed by atoms with Crippen LogP contribution >= 0.6 is 24.0 Å². The highest BCUT2D eigenvalue weighted by atomic mass is 127. The number of halogens is 1. The van der Waals surface area contributed by atoms with Crippen LogP contribution in [0.4, 0.5) is 0 Å². The fourth-order valence-corrected chi connectivity index (χ4v) is 3.11. The van der Waals surface area contributed by atoms with Crippen LogP contribution in [-0.4, -0.2) is 50.0 Å². The zero-order chi connectivity index (χ0) is 17.4. The molecule has 0 spiro atoms. The third-order valence-electron chi connectivity index (χ3n) is 4.37. The number of guanidine groups is 1. The van der Waals surface area contributed by atoms with Gasteiger partial charge in [0.25, 0.3) is 5.91 Å². The molecule has 0 saturated carbocycles. The van der Waals surface area contributed by atoms with Crippen LogP contribution in [0, 0.1) is 5.92 Å². The average Bonchev–Trinajstić information content (AvgIpc) is 2.60. The lowest BCUT2D eigenvalue weighted by atomic mass is 10.0. The predicted molar refractivity (Wildman–Crippen MR) is 115 cm³/mol. The molecule has 1 aromatic rings. The van der Waals surface area contributed by atoms with Crippen molar-refractivity contribution >= 4 is 35.8 Å². The molecule has 25 heavy (non-hydrogen) atoms. The van der Waals surface area contributed by atoms with Gasteiger partial charge in [-0.25, -0.2) is 0 Å². The highest BCUT2D eigenvalue weighted by Gasteiger charge is 2.18. The SMILES string of the molecule is CCNC(=NCCc1cccc(C(=O)NC)c1)N1CCCC(C)C1.I. The van der Waals surface area contributed by atoms with Gasteiger partial charge in [-0.15, -0.1) is 24.0 Å². The molecule has 1 aliphatic heterocycles. The summed E-state index contributed by atoms with van der Waals surface area (Å²) in [4.78, 5) is 18.9. The zero-order valence-electron chi connectivity index (χ0n) is 15.5. The van der Waals surface area contributed by atoms with Gasteiger partial charge < -0.3 is 15.5 Å². The maximum atomic E-state index is 11.7. The van der Waals surface area contributed by atoms with Crippen molar-refractivity contribution in [3.8, 4) is 0 Å². The number of likely N-dealkylation sites (tertiary alicyclic amines) is 1. The van der Waals surface area contributed by atoms with E-state index in [4.69, 9.17) is 4.99 Å². The topological polar surface area (TPSA) is 56.7 Å². The molecule has 5 nitrogen and oxygen atoms in total. The van der Waals surface area contributed by atoms with E-state index in [0.29, 0.717) is 5.56 Å². The average molecular weight is 458 g/mol. The van der Waals surface area contributed by atoms with Gasteiger partial charge in [0.05, 0.1) is 0 Å². The van der Waals surface area contributed by atoms with E-state index >= 15 is 0 Å². The number of carbonyl (C=O) groups is 1. The third kappa shape index (κ3) is 6.84. The Kier molecular flexibility index (Phi) is 9.85. The number of nitrogens with zero attached hydrogens (tertiary/aromatic N) is 2. The quantitative estimate of drug-likeness (QED) is 0.406. The minimum Gasteiger partial charge on any atom is -0.357 e. The van der Waals surface area contributed by atoms with Crippen LogP contribution in [0.3, 0.4) is 0 Å². The number of aliphatic imine (C=N–C) groups is 1. The molecule has 140 valence electrons. The van der Waals surface area contributed by atoms with Crippen molar-refractivity contribution in [1.82, 2.24) is 15.5 Å². The summed E-state index contributed by atoms with van der Waals surface area (Å²) in [6.45, 7) is 8.19. The Morgan fingerprint density at radius 2 is 2.20 bits per heavy atom. The van der Waals surface area contributed by atoms with Gasteiger partial charge in [0.15, 0.2) is 5.96 Å². The molecule has 1 amide bonds. The molecule has 1 unspecified atom stereocenters. The number of amides is 1. The molecular formula is C19H31IN4O. The van der Waals surface area contributed by atoms with Gasteiger partial charge >= 0.3 is 0 Å². The van der Waals surface area contributed by atoms with Crippen molar-refractivity contribution in [3.05, 3.63) is 35.4 Å². The number of rotatable bonds is 5. The fraction of sp³-hybridized carbons (Fsp3) is 0.579. The number of piperidine rings is 1. The van der Waals surface area contributed by atoms with Crippen LogP contribution in [0.15, 0.2) is 29.3 Å². The van der Waals surface area contributed by atoms with Crippen LogP contribution in [0.5, 0.6) is 0 Å². The zero-order valence-corrected chi connectivity index (χ0v) is 17.9. The minimum atomic E-state index is -0.0454. The maximum absolute atomic E-state index is 11.7. The van der Waals surface area contributed by atoms with Crippen molar-refractivity contribution in [2.75, 3.05) is 33.2 Å². The second kappa shape index (κ2) is 11.3. The molecule has 1 aromatic carbocycles. The summed E-state index contributed by atoms with van der Waals surface area (Å²) in [5.41, 5.74) is 1.85. The molecule has 0 aromatic heterocycles. The van der Waals surface area contributed by atoms with Crippen LogP contribution in [0.25, 0.3) is 0 Å². The maximum Gasteiger partial charge on any atom is 0.251 e. The lowest BCUT2D eigenvalue weighted by Crippen LogP contribution is -2.46. The van der Waals surface area contributed by atoms with Crippen molar-refractivity contribution in [2.24, 2.45) is 10.9 Å². The van der Waals surface area contributed by atoms with E-state index in [1.807, 2.05) is 18.2 Å². The third-order valence-corrected chi connectivity index (χ3v) is 4.37. The molecule has 2 N–H and O–H groups in total. The van der Waals surface area contributed by atoms with Gasteiger partial charge in [-0.3, -0.25) is 9.79 Å². The molecule has 0 aliphatic carbocycles. The van der Waals surface area contributed by atoms with Crippen LogP contribution in [-0.2, 0) is 6.42 Å². The Labute approximate surface area is 168 Å². The van der Waals surface area contributed by atoms with Crippen LogP contribution < -0.4 is 10.6 Å². The van der Waals surface area contributed by atoms with Gasteiger partial charge in [0.1, 0.15) is 0 Å². The summed E-state index contributed by atoms with van der Waals surface area (Å²) in [6.07, 6.45) is 3.38. The summed E-state index contributed by atoms with van der Waals surface area (Å²) in [5, 5.41) is 6.07. The smallest absolute Gasteiger partial charge is 0.251 e. The first-order valence-corrected chi connectivity index (χ1v) is 8.98. The standard InChI is InChI=1S/C19H30N4O.HI/c1-4-21-19(23-12-6-7-15(2)14-23)22-11-10-16-8-5-9-17(13-16)18(24)20-3;/h5,8-9,13,15H,4,6-7,10-12,14H2,1-3H3,(H,20,24)(H,21,22);1H. The monoisotopic (exact) mass is 458 g/mol. The summed E-state index contributed by atoms with van der Waals surface area (Å²) < 4.78 is 0. The normalized spacial score (nSPS) is 17.6. The summed E-state index contributed by atoms with van der Waals surface area (Å²) in [7, 11) is 1.65. The number of nitrogens with one attached hydrogen (secondary N) is 2. The van der Waals surface area contributed by atoms with Gasteiger partial charge in [0, 0.05) is 38.8 Å². The van der Waals surface area contributed by atoms with Crippen LogP contribution in [0.1, 0.15) is 42.6 Å². The van der Waals surface area contributed by atoms with Crippen molar-refractivity contribution in [1.29, 1.82) is 0 Å². The highest BCUT2D eigenvalue weighted by Crippen LogP contribution is 2.15. The summed E-state index contributed by atoms with van der Waals surface area (Å²) >= 11 is 0. The predicted octanol–water partition coefficient (Wildman–Crippen LogP) is 2.90. The Balaban J connectivity index is 0.00000312. The molecule has 1 aliphatic rings. The first kappa shape index (κ1) is 21.7. The molecule has 0 radical (unpaired) electrons. The second-order valence-electron chi connectivity index (χ2n) is 6.46. The van der Waals surface area contributed by atoms with Gasteiger partial charge in [-0.2, -0.15) is 0 Å². The van der Waals surface area contributed by atoms with Gasteiger partial charge in [-0.1, -0.05) is 19.1 Å². The minimum absolute atomic E-state index is 0. The number of carbonyl (C=O) groups excluding carboxylic acids is 1. The Bertz CT molecular complexity index is 576. The first-order valence-electron chi connectivity index (χ1n) is 8.98. The van der Waals surface area contributed by atoms with E-state index in [1.54, 1.807) is 7.05 Å². The first-order chi connectivity index (χ1) is 11.6. The molecule has 1 atom stereocenters. The Morgan fingerprint density at radius 3 is 2.88 bits per heavy atom. The Hall–Kier alpha value is -1.31.